The minimum atomic E-state index is -0.645. The quantitative estimate of drug-likeness (QED) is 0.230. The highest BCUT2D eigenvalue weighted by Gasteiger charge is 2.45. The van der Waals surface area contributed by atoms with Crippen molar-refractivity contribution in [1.82, 2.24) is 9.80 Å². The summed E-state index contributed by atoms with van der Waals surface area (Å²) in [5.74, 6) is -0.610. The Hall–Kier alpha value is -3.16. The number of ketones is 1. The minimum absolute atomic E-state index is 0.136. The molecular formula is C29H36N2O5. The molecule has 2 saturated heterocycles. The second kappa shape index (κ2) is 12.2. The van der Waals surface area contributed by atoms with Gasteiger partial charge < -0.3 is 19.5 Å². The number of benzene rings is 2. The summed E-state index contributed by atoms with van der Waals surface area (Å²) in [6.07, 6.45) is 2.75. The van der Waals surface area contributed by atoms with Crippen LogP contribution in [0.25, 0.3) is 5.76 Å². The maximum absolute atomic E-state index is 13.2. The average Bonchev–Trinajstić information content (AvgIpc) is 3.15. The molecule has 2 fully saturated rings. The van der Waals surface area contributed by atoms with Crippen LogP contribution < -0.4 is 4.74 Å². The van der Waals surface area contributed by atoms with E-state index in [0.717, 1.165) is 69.0 Å². The van der Waals surface area contributed by atoms with Crippen LogP contribution in [0.2, 0.25) is 0 Å². The molecule has 0 radical (unpaired) electrons. The summed E-state index contributed by atoms with van der Waals surface area (Å²) < 4.78 is 11.3. The van der Waals surface area contributed by atoms with E-state index >= 15 is 0 Å². The number of morpholine rings is 1. The lowest BCUT2D eigenvalue weighted by Crippen LogP contribution is -2.38. The number of hydrogen-bond acceptors (Lipinski definition) is 6. The molecule has 0 unspecified atom stereocenters. The number of rotatable bonds is 10. The lowest BCUT2D eigenvalue weighted by Gasteiger charge is -2.29. The molecule has 2 aliphatic rings. The number of carbonyl (C=O) groups excluding carboxylic acids is 2. The molecule has 1 atom stereocenters. The summed E-state index contributed by atoms with van der Waals surface area (Å²) in [5, 5.41) is 11.3. The van der Waals surface area contributed by atoms with E-state index in [1.807, 2.05) is 49.4 Å². The van der Waals surface area contributed by atoms with E-state index in [4.69, 9.17) is 9.47 Å². The molecule has 7 heteroatoms. The van der Waals surface area contributed by atoms with Gasteiger partial charge in [-0.2, -0.15) is 0 Å². The molecular weight excluding hydrogens is 456 g/mol. The second-order valence-electron chi connectivity index (χ2n) is 9.39. The first kappa shape index (κ1) is 25.9. The van der Waals surface area contributed by atoms with Crippen molar-refractivity contribution in [2.45, 2.75) is 39.2 Å². The number of ether oxygens (including phenoxy) is 2. The molecule has 4 rings (SSSR count). The standard InChI is InChI=1S/C29H36N2O5/c1-3-4-17-36-24-12-11-23(20-21(24)2)27(32)25-26(22-9-6-5-7-10-22)31(29(34)28(25)33)14-8-13-30-15-18-35-19-16-30/h5-7,9-12,20,26,32H,3-4,8,13-19H2,1-2H3/b27-25+/t26-/m1/s1. The van der Waals surface area contributed by atoms with Gasteiger partial charge in [-0.25, -0.2) is 0 Å². The fraction of sp³-hybridized carbons (Fsp3) is 0.448. The van der Waals surface area contributed by atoms with E-state index in [-0.39, 0.29) is 11.3 Å². The monoisotopic (exact) mass is 492 g/mol. The Kier molecular flexibility index (Phi) is 8.78. The first-order chi connectivity index (χ1) is 17.5. The number of aliphatic hydroxyl groups is 1. The normalized spacial score (nSPS) is 20.2. The van der Waals surface area contributed by atoms with Crippen LogP contribution in [0, 0.1) is 6.92 Å². The lowest BCUT2D eigenvalue weighted by molar-refractivity contribution is -0.140. The summed E-state index contributed by atoms with van der Waals surface area (Å²) in [6, 6.07) is 14.2. The van der Waals surface area contributed by atoms with Crippen LogP contribution in [0.15, 0.2) is 54.1 Å². The number of unbranched alkanes of at least 4 members (excludes halogenated alkanes) is 1. The third-order valence-electron chi connectivity index (χ3n) is 6.84. The fourth-order valence-electron chi connectivity index (χ4n) is 4.82. The molecule has 192 valence electrons. The van der Waals surface area contributed by atoms with Crippen LogP contribution in [0.3, 0.4) is 0 Å². The molecule has 1 N–H and O–H groups in total. The number of likely N-dealkylation sites (tertiary alicyclic amines) is 1. The van der Waals surface area contributed by atoms with Crippen molar-refractivity contribution in [2.75, 3.05) is 46.0 Å². The zero-order chi connectivity index (χ0) is 25.5. The molecule has 2 heterocycles. The molecule has 1 amide bonds. The second-order valence-corrected chi connectivity index (χ2v) is 9.39. The number of aliphatic hydroxyl groups excluding tert-OH is 1. The van der Waals surface area contributed by atoms with Crippen molar-refractivity contribution in [1.29, 1.82) is 0 Å². The van der Waals surface area contributed by atoms with Gasteiger partial charge in [-0.05, 0) is 49.1 Å². The number of amides is 1. The van der Waals surface area contributed by atoms with Crippen LogP contribution in [0.5, 0.6) is 5.75 Å². The van der Waals surface area contributed by atoms with Crippen LogP contribution in [-0.4, -0.2) is 72.6 Å². The summed E-state index contributed by atoms with van der Waals surface area (Å²) in [5.41, 5.74) is 2.31. The Labute approximate surface area is 213 Å². The lowest BCUT2D eigenvalue weighted by atomic mass is 9.95. The van der Waals surface area contributed by atoms with Crippen molar-refractivity contribution in [2.24, 2.45) is 0 Å². The fourth-order valence-corrected chi connectivity index (χ4v) is 4.82. The predicted octanol–water partition coefficient (Wildman–Crippen LogP) is 4.32. The molecule has 0 aromatic heterocycles. The van der Waals surface area contributed by atoms with Crippen molar-refractivity contribution in [3.63, 3.8) is 0 Å². The van der Waals surface area contributed by atoms with Crippen molar-refractivity contribution in [3.05, 3.63) is 70.8 Å². The first-order valence-electron chi connectivity index (χ1n) is 12.9. The van der Waals surface area contributed by atoms with E-state index in [2.05, 4.69) is 11.8 Å². The van der Waals surface area contributed by atoms with E-state index in [9.17, 15) is 14.7 Å². The number of carbonyl (C=O) groups is 2. The zero-order valence-corrected chi connectivity index (χ0v) is 21.2. The Morgan fingerprint density at radius 1 is 1.06 bits per heavy atom. The van der Waals surface area contributed by atoms with Crippen LogP contribution in [0.1, 0.15) is 48.9 Å². The highest BCUT2D eigenvalue weighted by atomic mass is 16.5. The summed E-state index contributed by atoms with van der Waals surface area (Å²) in [4.78, 5) is 30.3. The summed E-state index contributed by atoms with van der Waals surface area (Å²) >= 11 is 0. The maximum Gasteiger partial charge on any atom is 0.295 e. The number of Topliss-reactive ketones (excluding diaryl/α,β-unsaturated/α-hetero) is 1. The number of nitrogens with zero attached hydrogens (tertiary/aromatic N) is 2. The van der Waals surface area contributed by atoms with Gasteiger partial charge in [0.2, 0.25) is 0 Å². The predicted molar refractivity (Wildman–Crippen MR) is 139 cm³/mol. The molecule has 0 spiro atoms. The van der Waals surface area contributed by atoms with Gasteiger partial charge in [-0.15, -0.1) is 0 Å². The molecule has 2 aliphatic heterocycles. The molecule has 7 nitrogen and oxygen atoms in total. The number of hydrogen-bond donors (Lipinski definition) is 1. The molecule has 0 saturated carbocycles. The highest BCUT2D eigenvalue weighted by molar-refractivity contribution is 6.46. The third-order valence-corrected chi connectivity index (χ3v) is 6.84. The van der Waals surface area contributed by atoms with Crippen LogP contribution >= 0.6 is 0 Å². The van der Waals surface area contributed by atoms with Crippen molar-refractivity contribution < 1.29 is 24.2 Å². The van der Waals surface area contributed by atoms with Gasteiger partial charge >= 0.3 is 0 Å². The van der Waals surface area contributed by atoms with Gasteiger partial charge in [-0.1, -0.05) is 43.7 Å². The van der Waals surface area contributed by atoms with Crippen molar-refractivity contribution >= 4 is 17.4 Å². The first-order valence-corrected chi connectivity index (χ1v) is 12.9. The Morgan fingerprint density at radius 2 is 1.81 bits per heavy atom. The Morgan fingerprint density at radius 3 is 2.50 bits per heavy atom. The summed E-state index contributed by atoms with van der Waals surface area (Å²) in [7, 11) is 0. The molecule has 2 aromatic rings. The van der Waals surface area contributed by atoms with E-state index in [0.29, 0.717) is 18.7 Å². The smallest absolute Gasteiger partial charge is 0.295 e. The van der Waals surface area contributed by atoms with Crippen molar-refractivity contribution in [3.8, 4) is 5.75 Å². The van der Waals surface area contributed by atoms with Gasteiger partial charge in [0.05, 0.1) is 31.4 Å². The maximum atomic E-state index is 13.2. The van der Waals surface area contributed by atoms with Crippen LogP contribution in [-0.2, 0) is 14.3 Å². The van der Waals surface area contributed by atoms with Gasteiger partial charge in [0, 0.05) is 31.7 Å². The molecule has 0 aliphatic carbocycles. The highest BCUT2D eigenvalue weighted by Crippen LogP contribution is 2.39. The van der Waals surface area contributed by atoms with Gasteiger partial charge in [0.15, 0.2) is 0 Å². The molecule has 0 bridgehead atoms. The van der Waals surface area contributed by atoms with E-state index in [1.54, 1.807) is 11.0 Å². The van der Waals surface area contributed by atoms with E-state index < -0.39 is 17.7 Å². The Bertz CT molecular complexity index is 1090. The Balaban J connectivity index is 1.62. The summed E-state index contributed by atoms with van der Waals surface area (Å²) in [6.45, 7) is 9.10. The minimum Gasteiger partial charge on any atom is -0.507 e. The average molecular weight is 493 g/mol. The van der Waals surface area contributed by atoms with E-state index in [1.165, 1.54) is 0 Å². The molecule has 36 heavy (non-hydrogen) atoms. The third kappa shape index (κ3) is 5.79. The van der Waals surface area contributed by atoms with Gasteiger partial charge in [0.1, 0.15) is 11.5 Å². The number of aryl methyl sites for hydroxylation is 1. The zero-order valence-electron chi connectivity index (χ0n) is 21.2. The topological polar surface area (TPSA) is 79.3 Å². The van der Waals surface area contributed by atoms with Gasteiger partial charge in [-0.3, -0.25) is 14.5 Å². The SMILES string of the molecule is CCCCOc1ccc(/C(O)=C2\C(=O)C(=O)N(CCCN3CCOCC3)[C@@H]2c2ccccc2)cc1C. The largest absolute Gasteiger partial charge is 0.507 e. The van der Waals surface area contributed by atoms with Gasteiger partial charge in [0.25, 0.3) is 11.7 Å². The molecule has 2 aromatic carbocycles. The van der Waals surface area contributed by atoms with Crippen LogP contribution in [0.4, 0.5) is 0 Å².